The van der Waals surface area contributed by atoms with Gasteiger partial charge in [0.15, 0.2) is 0 Å². The third-order valence-electron chi connectivity index (χ3n) is 2.35. The van der Waals surface area contributed by atoms with Gasteiger partial charge in [0.2, 0.25) is 5.91 Å². The zero-order chi connectivity index (χ0) is 14.3. The van der Waals surface area contributed by atoms with E-state index in [1.165, 1.54) is 11.8 Å². The smallest absolute Gasteiger partial charge is 0.318 e. The highest BCUT2D eigenvalue weighted by molar-refractivity contribution is 5.96. The van der Waals surface area contributed by atoms with Gasteiger partial charge in [0.1, 0.15) is 0 Å². The van der Waals surface area contributed by atoms with E-state index in [2.05, 4.69) is 0 Å². The van der Waals surface area contributed by atoms with Crippen molar-refractivity contribution in [2.75, 3.05) is 33.7 Å². The molecule has 0 aromatic carbocycles. The molecule has 0 fully saturated rings. The number of carboxylic acids is 1. The minimum absolute atomic E-state index is 0.277. The average molecular weight is 260 g/mol. The van der Waals surface area contributed by atoms with Crippen molar-refractivity contribution in [1.82, 2.24) is 15.1 Å². The fraction of sp³-hybridized carbons (Fsp3) is 0.700. The van der Waals surface area contributed by atoms with Crippen LogP contribution >= 0.6 is 0 Å². The van der Waals surface area contributed by atoms with Gasteiger partial charge in [-0.15, -0.1) is 0 Å². The fourth-order valence-corrected chi connectivity index (χ4v) is 1.30. The van der Waals surface area contributed by atoms with Crippen LogP contribution in [-0.2, 0) is 9.59 Å². The normalized spacial score (nSPS) is 12.5. The van der Waals surface area contributed by atoms with Gasteiger partial charge in [-0.3, -0.25) is 19.8 Å². The Kier molecular flexibility index (Phi) is 6.91. The van der Waals surface area contributed by atoms with Gasteiger partial charge in [0, 0.05) is 13.1 Å². The number of aliphatic carboxylic acids is 1. The van der Waals surface area contributed by atoms with E-state index in [0.717, 1.165) is 0 Å². The van der Waals surface area contributed by atoms with Gasteiger partial charge in [0.25, 0.3) is 0 Å². The van der Waals surface area contributed by atoms with Gasteiger partial charge >= 0.3 is 12.0 Å². The lowest BCUT2D eigenvalue weighted by molar-refractivity contribution is -0.139. The van der Waals surface area contributed by atoms with Crippen LogP contribution in [0.1, 0.15) is 6.92 Å². The number of primary amides is 1. The van der Waals surface area contributed by atoms with Gasteiger partial charge in [-0.05, 0) is 21.0 Å². The van der Waals surface area contributed by atoms with Crippen molar-refractivity contribution in [3.05, 3.63) is 0 Å². The third-order valence-corrected chi connectivity index (χ3v) is 2.35. The molecule has 3 amide bonds. The lowest BCUT2D eigenvalue weighted by Gasteiger charge is -2.27. The number of likely N-dealkylation sites (N-methyl/N-ethyl adjacent to an activating group) is 1. The van der Waals surface area contributed by atoms with E-state index in [4.69, 9.17) is 10.8 Å². The predicted molar refractivity (Wildman–Crippen MR) is 65.0 cm³/mol. The SMILES string of the molecule is CC(C(=O)NC(N)=O)N(CCN(C)C)CC(=O)O. The van der Waals surface area contributed by atoms with Crippen molar-refractivity contribution in [2.45, 2.75) is 13.0 Å². The van der Waals surface area contributed by atoms with Gasteiger partial charge in [-0.25, -0.2) is 4.79 Å². The molecule has 18 heavy (non-hydrogen) atoms. The van der Waals surface area contributed by atoms with E-state index in [-0.39, 0.29) is 6.54 Å². The van der Waals surface area contributed by atoms with Crippen LogP contribution in [0.25, 0.3) is 0 Å². The quantitative estimate of drug-likeness (QED) is 0.514. The Morgan fingerprint density at radius 1 is 1.28 bits per heavy atom. The summed E-state index contributed by atoms with van der Waals surface area (Å²) in [6.07, 6.45) is 0. The molecular formula is C10H20N4O4. The van der Waals surface area contributed by atoms with E-state index >= 15 is 0 Å². The van der Waals surface area contributed by atoms with Crippen LogP contribution in [-0.4, -0.2) is 72.6 Å². The number of hydrogen-bond acceptors (Lipinski definition) is 5. The number of nitrogens with zero attached hydrogens (tertiary/aromatic N) is 2. The Labute approximate surface area is 106 Å². The molecule has 4 N–H and O–H groups in total. The molecule has 0 spiro atoms. The molecule has 1 unspecified atom stereocenters. The van der Waals surface area contributed by atoms with Crippen LogP contribution in [0.2, 0.25) is 0 Å². The van der Waals surface area contributed by atoms with Crippen molar-refractivity contribution in [2.24, 2.45) is 5.73 Å². The monoisotopic (exact) mass is 260 g/mol. The molecule has 0 aliphatic heterocycles. The van der Waals surface area contributed by atoms with Crippen LogP contribution in [0.4, 0.5) is 4.79 Å². The first-order chi connectivity index (χ1) is 8.23. The Balaban J connectivity index is 4.56. The van der Waals surface area contributed by atoms with Gasteiger partial charge in [-0.1, -0.05) is 0 Å². The molecule has 0 heterocycles. The molecular weight excluding hydrogens is 240 g/mol. The maximum absolute atomic E-state index is 11.6. The highest BCUT2D eigenvalue weighted by Gasteiger charge is 2.23. The van der Waals surface area contributed by atoms with Crippen LogP contribution in [0, 0.1) is 0 Å². The summed E-state index contributed by atoms with van der Waals surface area (Å²) < 4.78 is 0. The Hall–Kier alpha value is -1.67. The number of carbonyl (C=O) groups is 3. The molecule has 0 bridgehead atoms. The van der Waals surface area contributed by atoms with E-state index in [9.17, 15) is 14.4 Å². The second-order valence-corrected chi connectivity index (χ2v) is 4.20. The summed E-state index contributed by atoms with van der Waals surface area (Å²) in [5, 5.41) is 10.7. The molecule has 8 nitrogen and oxygen atoms in total. The highest BCUT2D eigenvalue weighted by Crippen LogP contribution is 1.99. The summed E-state index contributed by atoms with van der Waals surface area (Å²) in [6, 6.07) is -1.69. The maximum Gasteiger partial charge on any atom is 0.318 e. The first-order valence-electron chi connectivity index (χ1n) is 5.45. The van der Waals surface area contributed by atoms with Crippen LogP contribution in [0.5, 0.6) is 0 Å². The molecule has 0 aromatic heterocycles. The summed E-state index contributed by atoms with van der Waals surface area (Å²) >= 11 is 0. The van der Waals surface area contributed by atoms with Gasteiger partial charge in [0.05, 0.1) is 12.6 Å². The average Bonchev–Trinajstić information content (AvgIpc) is 2.21. The van der Waals surface area contributed by atoms with Gasteiger partial charge in [-0.2, -0.15) is 0 Å². The molecule has 104 valence electrons. The maximum atomic E-state index is 11.6. The number of rotatable bonds is 7. The summed E-state index contributed by atoms with van der Waals surface area (Å²) in [5.74, 6) is -1.64. The molecule has 0 saturated heterocycles. The molecule has 1 atom stereocenters. The first-order valence-corrected chi connectivity index (χ1v) is 5.45. The number of imide groups is 1. The van der Waals surface area contributed by atoms with Gasteiger partial charge < -0.3 is 15.7 Å². The molecule has 8 heteroatoms. The Morgan fingerprint density at radius 2 is 1.83 bits per heavy atom. The topological polar surface area (TPSA) is 116 Å². The summed E-state index contributed by atoms with van der Waals surface area (Å²) in [5.41, 5.74) is 4.84. The lowest BCUT2D eigenvalue weighted by atomic mass is 10.2. The molecule has 0 radical (unpaired) electrons. The standard InChI is InChI=1S/C10H20N4O4/c1-7(9(17)12-10(11)18)14(6-8(15)16)5-4-13(2)3/h7H,4-6H2,1-3H3,(H,15,16)(H3,11,12,17,18). The van der Waals surface area contributed by atoms with Crippen LogP contribution in [0.15, 0.2) is 0 Å². The Morgan fingerprint density at radius 3 is 2.22 bits per heavy atom. The zero-order valence-corrected chi connectivity index (χ0v) is 10.8. The molecule has 0 aliphatic rings. The highest BCUT2D eigenvalue weighted by atomic mass is 16.4. The Bertz CT molecular complexity index is 319. The second kappa shape index (κ2) is 7.62. The van der Waals surface area contributed by atoms with Crippen molar-refractivity contribution >= 4 is 17.9 Å². The van der Waals surface area contributed by atoms with Crippen LogP contribution < -0.4 is 11.1 Å². The number of hydrogen-bond donors (Lipinski definition) is 3. The first kappa shape index (κ1) is 16.3. The lowest BCUT2D eigenvalue weighted by Crippen LogP contribution is -2.51. The number of urea groups is 1. The van der Waals surface area contributed by atoms with Crippen molar-refractivity contribution in [3.63, 3.8) is 0 Å². The predicted octanol–water partition coefficient (Wildman–Crippen LogP) is -1.48. The van der Waals surface area contributed by atoms with E-state index in [1.54, 1.807) is 0 Å². The molecule has 0 rings (SSSR count). The van der Waals surface area contributed by atoms with Crippen molar-refractivity contribution in [1.29, 1.82) is 0 Å². The second-order valence-electron chi connectivity index (χ2n) is 4.20. The molecule has 0 aliphatic carbocycles. The van der Waals surface area contributed by atoms with E-state index < -0.39 is 23.9 Å². The minimum atomic E-state index is -1.03. The number of amides is 3. The van der Waals surface area contributed by atoms with Crippen LogP contribution in [0.3, 0.4) is 0 Å². The largest absolute Gasteiger partial charge is 0.480 e. The summed E-state index contributed by atoms with van der Waals surface area (Å²) in [7, 11) is 3.68. The molecule has 0 saturated carbocycles. The number of carbonyl (C=O) groups excluding carboxylic acids is 2. The van der Waals surface area contributed by atoms with Crippen molar-refractivity contribution < 1.29 is 19.5 Å². The zero-order valence-electron chi connectivity index (χ0n) is 10.8. The molecule has 0 aromatic rings. The number of nitrogens with two attached hydrogens (primary N) is 1. The van der Waals surface area contributed by atoms with E-state index in [0.29, 0.717) is 13.1 Å². The number of nitrogens with one attached hydrogen (secondary N) is 1. The summed E-state index contributed by atoms with van der Waals surface area (Å²) in [6.45, 7) is 2.24. The summed E-state index contributed by atoms with van der Waals surface area (Å²) in [4.78, 5) is 36.2. The van der Waals surface area contributed by atoms with E-state index in [1.807, 2.05) is 24.3 Å². The third kappa shape index (κ3) is 6.81. The minimum Gasteiger partial charge on any atom is -0.480 e. The van der Waals surface area contributed by atoms with Crippen molar-refractivity contribution in [3.8, 4) is 0 Å². The number of carboxylic acid groups (broad SMARTS) is 1. The fourth-order valence-electron chi connectivity index (χ4n) is 1.30.